The Hall–Kier alpha value is -2.82. The van der Waals surface area contributed by atoms with Crippen molar-refractivity contribution in [3.05, 3.63) is 69.2 Å². The van der Waals surface area contributed by atoms with Gasteiger partial charge in [0.2, 0.25) is 10.0 Å². The molecule has 0 spiro atoms. The van der Waals surface area contributed by atoms with Gasteiger partial charge in [0, 0.05) is 17.2 Å². The van der Waals surface area contributed by atoms with Crippen molar-refractivity contribution in [2.45, 2.75) is 4.90 Å². The second-order valence-electron chi connectivity index (χ2n) is 4.92. The molecule has 26 heavy (non-hydrogen) atoms. The van der Waals surface area contributed by atoms with Crippen molar-refractivity contribution in [3.8, 4) is 0 Å². The predicted molar refractivity (Wildman–Crippen MR) is 95.5 cm³/mol. The van der Waals surface area contributed by atoms with Crippen LogP contribution in [0.3, 0.4) is 0 Å². The summed E-state index contributed by atoms with van der Waals surface area (Å²) in [5, 5.41) is 14.8. The Labute approximate surface area is 153 Å². The summed E-state index contributed by atoms with van der Waals surface area (Å²) in [5.74, 6) is -0.680. The molecule has 0 aliphatic heterocycles. The van der Waals surface area contributed by atoms with Crippen molar-refractivity contribution in [3.63, 3.8) is 0 Å². The van der Waals surface area contributed by atoms with Crippen LogP contribution in [0.25, 0.3) is 0 Å². The van der Waals surface area contributed by atoms with E-state index >= 15 is 0 Å². The van der Waals surface area contributed by atoms with E-state index < -0.39 is 27.4 Å². The van der Waals surface area contributed by atoms with Crippen LogP contribution >= 0.6 is 11.6 Å². The zero-order valence-corrected chi connectivity index (χ0v) is 14.7. The van der Waals surface area contributed by atoms with Crippen LogP contribution in [0.15, 0.2) is 58.5 Å². The Kier molecular flexibility index (Phi) is 6.39. The van der Waals surface area contributed by atoms with Gasteiger partial charge in [0.15, 0.2) is 0 Å². The van der Waals surface area contributed by atoms with E-state index in [1.807, 2.05) is 0 Å². The van der Waals surface area contributed by atoms with Crippen LogP contribution in [-0.4, -0.2) is 32.0 Å². The van der Waals surface area contributed by atoms with Crippen LogP contribution in [0.5, 0.6) is 0 Å². The number of nitro benzene ring substituents is 1. The van der Waals surface area contributed by atoms with Gasteiger partial charge in [-0.2, -0.15) is 5.10 Å². The van der Waals surface area contributed by atoms with Gasteiger partial charge in [-0.1, -0.05) is 23.7 Å². The minimum absolute atomic E-state index is 0.194. The summed E-state index contributed by atoms with van der Waals surface area (Å²) in [6, 6.07) is 11.0. The maximum absolute atomic E-state index is 12.0. The zero-order chi connectivity index (χ0) is 19.2. The molecule has 0 aliphatic rings. The number of hydrogen-bond donors (Lipinski definition) is 2. The molecule has 0 bridgehead atoms. The van der Waals surface area contributed by atoms with Crippen molar-refractivity contribution >= 4 is 39.4 Å². The monoisotopic (exact) mass is 396 g/mol. The summed E-state index contributed by atoms with van der Waals surface area (Å²) in [6.45, 7) is -0.544. The standard InChI is InChI=1S/C15H13ClN4O5S/c16-12-3-1-11(2-4-12)9-17-19-15(21)10-18-26(24,25)14-7-5-13(6-8-14)20(22)23/h1-9,18H,10H2,(H,19,21)/b17-9-. The maximum atomic E-state index is 12.0. The number of hydrazone groups is 1. The number of carbonyl (C=O) groups excluding carboxylic acids is 1. The third-order valence-electron chi connectivity index (χ3n) is 3.05. The number of nitrogens with one attached hydrogen (secondary N) is 2. The molecular formula is C15H13ClN4O5S. The van der Waals surface area contributed by atoms with Crippen LogP contribution in [0.1, 0.15) is 5.56 Å². The number of carbonyl (C=O) groups is 1. The summed E-state index contributed by atoms with van der Waals surface area (Å²) < 4.78 is 26.1. The van der Waals surface area contributed by atoms with Gasteiger partial charge in [0.1, 0.15) is 0 Å². The van der Waals surface area contributed by atoms with Crippen LogP contribution in [-0.2, 0) is 14.8 Å². The highest BCUT2D eigenvalue weighted by Gasteiger charge is 2.16. The van der Waals surface area contributed by atoms with Gasteiger partial charge in [0.05, 0.1) is 22.6 Å². The third-order valence-corrected chi connectivity index (χ3v) is 4.72. The number of nitro groups is 1. The van der Waals surface area contributed by atoms with Gasteiger partial charge in [-0.25, -0.2) is 18.6 Å². The van der Waals surface area contributed by atoms with Crippen LogP contribution in [0, 0.1) is 10.1 Å². The molecule has 0 aromatic heterocycles. The smallest absolute Gasteiger partial charge is 0.269 e. The normalized spacial score (nSPS) is 11.4. The molecular weight excluding hydrogens is 384 g/mol. The first-order valence-corrected chi connectivity index (χ1v) is 8.95. The number of benzene rings is 2. The van der Waals surface area contributed by atoms with E-state index in [-0.39, 0.29) is 10.6 Å². The Bertz CT molecular complexity index is 928. The molecule has 11 heteroatoms. The molecule has 0 atom stereocenters. The van der Waals surface area contributed by atoms with E-state index in [0.717, 1.165) is 24.3 Å². The summed E-state index contributed by atoms with van der Waals surface area (Å²) in [5.41, 5.74) is 2.63. The lowest BCUT2D eigenvalue weighted by atomic mass is 10.2. The van der Waals surface area contributed by atoms with E-state index in [2.05, 4.69) is 15.2 Å². The highest BCUT2D eigenvalue weighted by Crippen LogP contribution is 2.15. The number of nitrogens with zero attached hydrogens (tertiary/aromatic N) is 2. The third kappa shape index (κ3) is 5.62. The van der Waals surface area contributed by atoms with Crippen molar-refractivity contribution in [1.29, 1.82) is 0 Å². The lowest BCUT2D eigenvalue weighted by Gasteiger charge is -2.05. The molecule has 2 aromatic rings. The van der Waals surface area contributed by atoms with Gasteiger partial charge in [0.25, 0.3) is 11.6 Å². The lowest BCUT2D eigenvalue weighted by Crippen LogP contribution is -2.34. The fourth-order valence-electron chi connectivity index (χ4n) is 1.76. The number of amides is 1. The van der Waals surface area contributed by atoms with E-state index in [4.69, 9.17) is 11.6 Å². The van der Waals surface area contributed by atoms with E-state index in [1.54, 1.807) is 24.3 Å². The van der Waals surface area contributed by atoms with Gasteiger partial charge in [-0.3, -0.25) is 14.9 Å². The van der Waals surface area contributed by atoms with E-state index in [0.29, 0.717) is 10.6 Å². The van der Waals surface area contributed by atoms with Crippen molar-refractivity contribution in [2.75, 3.05) is 6.54 Å². The molecule has 0 radical (unpaired) electrons. The Morgan fingerprint density at radius 3 is 2.35 bits per heavy atom. The Balaban J connectivity index is 1.89. The minimum Gasteiger partial charge on any atom is -0.272 e. The summed E-state index contributed by atoms with van der Waals surface area (Å²) >= 11 is 5.74. The molecule has 0 unspecified atom stereocenters. The number of halogens is 1. The average Bonchev–Trinajstić information content (AvgIpc) is 2.62. The number of hydrogen-bond acceptors (Lipinski definition) is 6. The topological polar surface area (TPSA) is 131 Å². The summed E-state index contributed by atoms with van der Waals surface area (Å²) in [7, 11) is -3.98. The van der Waals surface area contributed by atoms with Crippen LogP contribution in [0.4, 0.5) is 5.69 Å². The SMILES string of the molecule is O=C(CNS(=O)(=O)c1ccc([N+](=O)[O-])cc1)N/N=C\c1ccc(Cl)cc1. The molecule has 1 amide bonds. The molecule has 0 fully saturated rings. The predicted octanol–water partition coefficient (Wildman–Crippen LogP) is 1.68. The molecule has 2 aromatic carbocycles. The fourth-order valence-corrected chi connectivity index (χ4v) is 2.87. The average molecular weight is 397 g/mol. The number of rotatable bonds is 7. The highest BCUT2D eigenvalue weighted by molar-refractivity contribution is 7.89. The molecule has 0 saturated carbocycles. The second-order valence-corrected chi connectivity index (χ2v) is 7.12. The quantitative estimate of drug-likeness (QED) is 0.417. The van der Waals surface area contributed by atoms with Crippen molar-refractivity contribution in [1.82, 2.24) is 10.1 Å². The number of sulfonamides is 1. The maximum Gasteiger partial charge on any atom is 0.269 e. The molecule has 136 valence electrons. The van der Waals surface area contributed by atoms with Gasteiger partial charge in [-0.05, 0) is 29.8 Å². The van der Waals surface area contributed by atoms with Crippen LogP contribution in [0.2, 0.25) is 5.02 Å². The van der Waals surface area contributed by atoms with Gasteiger partial charge < -0.3 is 0 Å². The first-order valence-electron chi connectivity index (χ1n) is 7.09. The highest BCUT2D eigenvalue weighted by atomic mass is 35.5. The first-order chi connectivity index (χ1) is 12.3. The lowest BCUT2D eigenvalue weighted by molar-refractivity contribution is -0.384. The molecule has 2 N–H and O–H groups in total. The van der Waals surface area contributed by atoms with Gasteiger partial charge >= 0.3 is 0 Å². The van der Waals surface area contributed by atoms with Crippen LogP contribution < -0.4 is 10.1 Å². The fraction of sp³-hybridized carbons (Fsp3) is 0.0667. The molecule has 0 aliphatic carbocycles. The number of non-ortho nitro benzene ring substituents is 1. The molecule has 0 saturated heterocycles. The summed E-state index contributed by atoms with van der Waals surface area (Å²) in [4.78, 5) is 21.4. The Morgan fingerprint density at radius 2 is 1.77 bits per heavy atom. The summed E-state index contributed by atoms with van der Waals surface area (Å²) in [6.07, 6.45) is 1.37. The van der Waals surface area contributed by atoms with E-state index in [1.165, 1.54) is 6.21 Å². The van der Waals surface area contributed by atoms with E-state index in [9.17, 15) is 23.3 Å². The molecule has 0 heterocycles. The molecule has 9 nitrogen and oxygen atoms in total. The minimum atomic E-state index is -3.98. The van der Waals surface area contributed by atoms with Gasteiger partial charge in [-0.15, -0.1) is 0 Å². The largest absolute Gasteiger partial charge is 0.272 e. The Morgan fingerprint density at radius 1 is 1.15 bits per heavy atom. The second kappa shape index (κ2) is 8.52. The van der Waals surface area contributed by atoms with Crippen molar-refractivity contribution in [2.24, 2.45) is 5.10 Å². The zero-order valence-electron chi connectivity index (χ0n) is 13.1. The first kappa shape index (κ1) is 19.5. The van der Waals surface area contributed by atoms with Crippen molar-refractivity contribution < 1.29 is 18.1 Å². The molecule has 2 rings (SSSR count).